The molecule has 5 rings (SSSR count). The van der Waals surface area contributed by atoms with Gasteiger partial charge in [-0.15, -0.1) is 0 Å². The van der Waals surface area contributed by atoms with Gasteiger partial charge < -0.3 is 20.5 Å². The molecule has 1 aliphatic carbocycles. The van der Waals surface area contributed by atoms with Crippen molar-refractivity contribution in [1.29, 1.82) is 0 Å². The number of nitrogens with one attached hydrogen (secondary N) is 2. The number of imidazole rings is 1. The van der Waals surface area contributed by atoms with Crippen LogP contribution in [0.3, 0.4) is 0 Å². The first-order valence-electron chi connectivity index (χ1n) is 12.9. The predicted octanol–water partition coefficient (Wildman–Crippen LogP) is 3.66. The molecule has 32 heavy (non-hydrogen) atoms. The van der Waals surface area contributed by atoms with Gasteiger partial charge in [-0.2, -0.15) is 4.98 Å². The Hall–Kier alpha value is -2.92. The summed E-state index contributed by atoms with van der Waals surface area (Å²) >= 11 is 0. The molecule has 1 saturated carbocycles. The van der Waals surface area contributed by atoms with Gasteiger partial charge in [0.05, 0.1) is 24.9 Å². The molecule has 1 aromatic carbocycles. The largest absolute Gasteiger partial charge is 0.393 e. The number of rotatable bonds is 5. The van der Waals surface area contributed by atoms with Crippen LogP contribution < -0.4 is 10.6 Å². The Morgan fingerprint density at radius 1 is 1.12 bits per heavy atom. The topological polar surface area (TPSA) is 97.1 Å². The summed E-state index contributed by atoms with van der Waals surface area (Å²) < 4.78 is 97.7. The summed E-state index contributed by atoms with van der Waals surface area (Å²) in [6.45, 7) is 0.624. The van der Waals surface area contributed by atoms with E-state index in [1.807, 2.05) is 0 Å². The van der Waals surface area contributed by atoms with Gasteiger partial charge in [0, 0.05) is 33.0 Å². The number of nitrogens with zero attached hydrogens (tertiary/aromatic N) is 4. The summed E-state index contributed by atoms with van der Waals surface area (Å²) in [7, 11) is 0. The zero-order valence-electron chi connectivity index (χ0n) is 22.6. The van der Waals surface area contributed by atoms with Crippen LogP contribution in [0.4, 0.5) is 30.8 Å². The van der Waals surface area contributed by atoms with E-state index in [4.69, 9.17) is 13.0 Å². The molecule has 3 N–H and O–H groups in total. The van der Waals surface area contributed by atoms with Gasteiger partial charge in [-0.3, -0.25) is 4.57 Å². The van der Waals surface area contributed by atoms with Crippen molar-refractivity contribution in [2.24, 2.45) is 0 Å². The SMILES string of the molecule is [2H]C1([2H])CC(Nc2ncc3nc(Nc4c(F)cc(F)cc4F)n(C4CCOC4)c3n2)C([2H])([2H])C([2H])([2H])C1O. The number of ether oxygens (including phenoxy) is 1. The van der Waals surface area contributed by atoms with Gasteiger partial charge in [0.2, 0.25) is 11.9 Å². The highest BCUT2D eigenvalue weighted by Crippen LogP contribution is 2.32. The van der Waals surface area contributed by atoms with Gasteiger partial charge in [-0.1, -0.05) is 0 Å². The van der Waals surface area contributed by atoms with Crippen LogP contribution in [-0.4, -0.2) is 50.0 Å². The molecule has 3 aromatic rings. The first kappa shape index (κ1) is 15.0. The highest BCUT2D eigenvalue weighted by Gasteiger charge is 2.27. The molecule has 8 nitrogen and oxygen atoms in total. The van der Waals surface area contributed by atoms with Crippen molar-refractivity contribution in [3.8, 4) is 0 Å². The smallest absolute Gasteiger partial charge is 0.224 e. The fraction of sp³-hybridized carbons (Fsp3) is 0.476. The standard InChI is InChI=1S/C21H23F3N6O2/c22-11-7-15(23)18(16(24)8-11)28-21-27-17-9-25-20(26-12-1-3-14(31)4-2-12)29-19(17)30(21)13-5-6-32-10-13/h7-9,12-14,31H,1-6,10H2,(H,27,28)(H,25,26,29)/i1D2,3D2,4D2. The molecule has 0 radical (unpaired) electrons. The minimum atomic E-state index is -2.93. The molecule has 2 aliphatic rings. The minimum absolute atomic E-state index is 0.0323. The number of fused-ring (bicyclic) bond motifs is 1. The highest BCUT2D eigenvalue weighted by molar-refractivity contribution is 5.76. The molecule has 2 aromatic heterocycles. The zero-order chi connectivity index (χ0) is 27.6. The maximum atomic E-state index is 14.4. The number of benzene rings is 1. The monoisotopic (exact) mass is 454 g/mol. The predicted molar refractivity (Wildman–Crippen MR) is 111 cm³/mol. The van der Waals surface area contributed by atoms with Gasteiger partial charge in [-0.05, 0) is 32.0 Å². The number of aliphatic hydroxyl groups is 1. The quantitative estimate of drug-likeness (QED) is 0.541. The molecular weight excluding hydrogens is 425 g/mol. The Labute approximate surface area is 190 Å². The van der Waals surface area contributed by atoms with E-state index < -0.39 is 60.8 Å². The molecular formula is C21H23F3N6O2. The molecule has 170 valence electrons. The third kappa shape index (κ3) is 4.09. The maximum Gasteiger partial charge on any atom is 0.224 e. The Balaban J connectivity index is 1.54. The van der Waals surface area contributed by atoms with Crippen molar-refractivity contribution in [2.75, 3.05) is 23.8 Å². The number of aliphatic hydroxyl groups excluding tert-OH is 1. The molecule has 2 fully saturated rings. The third-order valence-corrected chi connectivity index (χ3v) is 5.16. The fourth-order valence-electron chi connectivity index (χ4n) is 3.65. The lowest BCUT2D eigenvalue weighted by Gasteiger charge is -2.26. The summed E-state index contributed by atoms with van der Waals surface area (Å²) in [4.78, 5) is 12.8. The highest BCUT2D eigenvalue weighted by atomic mass is 19.1. The average Bonchev–Trinajstić information content (AvgIpc) is 3.46. The van der Waals surface area contributed by atoms with Crippen molar-refractivity contribution >= 4 is 28.7 Å². The third-order valence-electron chi connectivity index (χ3n) is 5.16. The second-order valence-corrected chi connectivity index (χ2v) is 7.39. The van der Waals surface area contributed by atoms with E-state index in [-0.39, 0.29) is 35.7 Å². The summed E-state index contributed by atoms with van der Waals surface area (Å²) in [5.74, 6) is -3.66. The van der Waals surface area contributed by atoms with Gasteiger partial charge >= 0.3 is 0 Å². The molecule has 3 atom stereocenters. The van der Waals surface area contributed by atoms with E-state index in [2.05, 4.69) is 25.6 Å². The van der Waals surface area contributed by atoms with Crippen molar-refractivity contribution in [3.05, 3.63) is 35.8 Å². The minimum Gasteiger partial charge on any atom is -0.393 e. The van der Waals surface area contributed by atoms with E-state index in [1.54, 1.807) is 0 Å². The summed E-state index contributed by atoms with van der Waals surface area (Å²) in [5, 5.41) is 15.3. The Morgan fingerprint density at radius 2 is 1.94 bits per heavy atom. The van der Waals surface area contributed by atoms with Gasteiger partial charge in [0.1, 0.15) is 17.0 Å². The molecule has 3 unspecified atom stereocenters. The van der Waals surface area contributed by atoms with E-state index in [0.717, 1.165) is 0 Å². The average molecular weight is 454 g/mol. The molecule has 0 bridgehead atoms. The van der Waals surface area contributed by atoms with Crippen molar-refractivity contribution < 1.29 is 31.2 Å². The van der Waals surface area contributed by atoms with Gasteiger partial charge in [-0.25, -0.2) is 23.1 Å². The first-order chi connectivity index (χ1) is 17.7. The van der Waals surface area contributed by atoms with Gasteiger partial charge in [0.15, 0.2) is 17.3 Å². The fourth-order valence-corrected chi connectivity index (χ4v) is 3.65. The molecule has 1 aliphatic heterocycles. The second kappa shape index (κ2) is 8.55. The van der Waals surface area contributed by atoms with Crippen LogP contribution in [0.2, 0.25) is 0 Å². The number of anilines is 3. The number of aromatic nitrogens is 4. The molecule has 0 spiro atoms. The van der Waals surface area contributed by atoms with Crippen molar-refractivity contribution in [3.63, 3.8) is 0 Å². The molecule has 1 saturated heterocycles. The van der Waals surface area contributed by atoms with Crippen LogP contribution in [0.25, 0.3) is 11.2 Å². The normalized spacial score (nSPS) is 31.1. The molecule has 11 heteroatoms. The van der Waals surface area contributed by atoms with Crippen LogP contribution in [0.15, 0.2) is 18.3 Å². The summed E-state index contributed by atoms with van der Waals surface area (Å²) in [5.41, 5.74) is -0.266. The second-order valence-electron chi connectivity index (χ2n) is 7.39. The van der Waals surface area contributed by atoms with E-state index in [0.29, 0.717) is 25.2 Å². The van der Waals surface area contributed by atoms with E-state index in [1.165, 1.54) is 10.8 Å². The van der Waals surface area contributed by atoms with Gasteiger partial charge in [0.25, 0.3) is 0 Å². The lowest BCUT2D eigenvalue weighted by molar-refractivity contribution is 0.126. The van der Waals surface area contributed by atoms with Crippen LogP contribution in [0.1, 0.15) is 46.2 Å². The van der Waals surface area contributed by atoms with Crippen LogP contribution in [-0.2, 0) is 4.74 Å². The summed E-state index contributed by atoms with van der Waals surface area (Å²) in [6.07, 6.45) is -9.09. The van der Waals surface area contributed by atoms with Crippen molar-refractivity contribution in [2.45, 2.75) is 50.1 Å². The lowest BCUT2D eigenvalue weighted by Crippen LogP contribution is -2.29. The lowest BCUT2D eigenvalue weighted by atomic mass is 9.93. The van der Waals surface area contributed by atoms with Crippen LogP contribution in [0, 0.1) is 17.5 Å². The summed E-state index contributed by atoms with van der Waals surface area (Å²) in [6, 6.07) is -0.785. The Morgan fingerprint density at radius 3 is 2.69 bits per heavy atom. The van der Waals surface area contributed by atoms with E-state index in [9.17, 15) is 18.3 Å². The Bertz CT molecular complexity index is 1360. The van der Waals surface area contributed by atoms with Crippen LogP contribution >= 0.6 is 0 Å². The van der Waals surface area contributed by atoms with Crippen LogP contribution in [0.5, 0.6) is 0 Å². The number of hydrogen-bond donors (Lipinski definition) is 3. The zero-order valence-corrected chi connectivity index (χ0v) is 16.6. The number of halogens is 3. The van der Waals surface area contributed by atoms with Crippen molar-refractivity contribution in [1.82, 2.24) is 19.5 Å². The number of hydrogen-bond acceptors (Lipinski definition) is 7. The molecule has 3 heterocycles. The Kier molecular flexibility index (Phi) is 4.01. The molecule has 0 amide bonds. The maximum absolute atomic E-state index is 14.4. The first-order valence-corrected chi connectivity index (χ1v) is 9.91. The van der Waals surface area contributed by atoms with E-state index >= 15 is 0 Å².